The van der Waals surface area contributed by atoms with Crippen molar-refractivity contribution in [1.29, 1.82) is 0 Å². The second kappa shape index (κ2) is 3.74. The summed E-state index contributed by atoms with van der Waals surface area (Å²) >= 11 is 0. The van der Waals surface area contributed by atoms with Crippen LogP contribution in [0.3, 0.4) is 0 Å². The molecule has 0 aliphatic carbocycles. The molecular formula is C13H12N2O3. The molecule has 0 atom stereocenters. The van der Waals surface area contributed by atoms with Gasteiger partial charge >= 0.3 is 0 Å². The zero-order chi connectivity index (χ0) is 11.9. The molecule has 0 radical (unpaired) electrons. The molecule has 0 saturated carbocycles. The van der Waals surface area contributed by atoms with Crippen LogP contribution in [0.25, 0.3) is 10.8 Å². The van der Waals surface area contributed by atoms with Gasteiger partial charge in [-0.25, -0.2) is 4.98 Å². The first-order chi connectivity index (χ1) is 8.90. The Hall–Kier alpha value is -2.01. The normalized spacial score (nSPS) is 17.8. The molecule has 92 valence electrons. The lowest BCUT2D eigenvalue weighted by atomic mass is 10.1. The number of pyridine rings is 1. The molecule has 5 nitrogen and oxygen atoms in total. The predicted molar refractivity (Wildman–Crippen MR) is 65.2 cm³/mol. The number of nitrogens with one attached hydrogen (secondary N) is 1. The Balaban J connectivity index is 1.81. The maximum atomic E-state index is 5.85. The highest BCUT2D eigenvalue weighted by molar-refractivity contribution is 5.90. The van der Waals surface area contributed by atoms with E-state index in [0.717, 1.165) is 35.4 Å². The number of fused-ring (bicyclic) bond motifs is 2. The van der Waals surface area contributed by atoms with E-state index in [2.05, 4.69) is 10.3 Å². The van der Waals surface area contributed by atoms with Gasteiger partial charge in [0, 0.05) is 24.7 Å². The van der Waals surface area contributed by atoms with Crippen molar-refractivity contribution in [2.45, 2.75) is 6.10 Å². The maximum absolute atomic E-state index is 5.85. The van der Waals surface area contributed by atoms with Gasteiger partial charge in [-0.05, 0) is 23.6 Å². The molecule has 1 fully saturated rings. The number of rotatable bonds is 2. The summed E-state index contributed by atoms with van der Waals surface area (Å²) in [6, 6.07) is 5.85. The molecule has 1 aromatic carbocycles. The number of benzene rings is 1. The Morgan fingerprint density at radius 1 is 1.22 bits per heavy atom. The Morgan fingerprint density at radius 3 is 2.83 bits per heavy atom. The van der Waals surface area contributed by atoms with Gasteiger partial charge < -0.3 is 19.5 Å². The fourth-order valence-electron chi connectivity index (χ4n) is 2.13. The second-order valence-corrected chi connectivity index (χ2v) is 4.44. The van der Waals surface area contributed by atoms with Crippen LogP contribution >= 0.6 is 0 Å². The molecule has 2 aliphatic heterocycles. The fraction of sp³-hybridized carbons (Fsp3) is 0.308. The lowest BCUT2D eigenvalue weighted by Crippen LogP contribution is -2.50. The number of ether oxygens (including phenoxy) is 3. The van der Waals surface area contributed by atoms with Crippen LogP contribution in [0.4, 0.5) is 0 Å². The van der Waals surface area contributed by atoms with E-state index >= 15 is 0 Å². The molecule has 0 bridgehead atoms. The van der Waals surface area contributed by atoms with Crippen molar-refractivity contribution < 1.29 is 14.2 Å². The zero-order valence-electron chi connectivity index (χ0n) is 9.68. The van der Waals surface area contributed by atoms with Crippen molar-refractivity contribution >= 4 is 10.8 Å². The molecule has 0 amide bonds. The minimum Gasteiger partial charge on any atom is -0.471 e. The third-order valence-electron chi connectivity index (χ3n) is 3.24. The quantitative estimate of drug-likeness (QED) is 0.863. The summed E-state index contributed by atoms with van der Waals surface area (Å²) < 4.78 is 16.6. The highest BCUT2D eigenvalue weighted by Gasteiger charge is 2.21. The van der Waals surface area contributed by atoms with Crippen LogP contribution < -0.4 is 19.5 Å². The van der Waals surface area contributed by atoms with Gasteiger partial charge in [0.05, 0.1) is 0 Å². The van der Waals surface area contributed by atoms with E-state index in [1.165, 1.54) is 0 Å². The molecule has 5 heteroatoms. The van der Waals surface area contributed by atoms with Crippen molar-refractivity contribution in [3.05, 3.63) is 24.4 Å². The summed E-state index contributed by atoms with van der Waals surface area (Å²) in [5.41, 5.74) is 0. The van der Waals surface area contributed by atoms with Crippen LogP contribution in [0, 0.1) is 0 Å². The molecule has 1 aromatic heterocycles. The van der Waals surface area contributed by atoms with Crippen LogP contribution in [0.5, 0.6) is 17.4 Å². The Kier molecular flexibility index (Phi) is 2.07. The summed E-state index contributed by atoms with van der Waals surface area (Å²) in [5.74, 6) is 2.20. The van der Waals surface area contributed by atoms with Crippen molar-refractivity contribution in [3.63, 3.8) is 0 Å². The predicted octanol–water partition coefficient (Wildman–Crippen LogP) is 1.31. The van der Waals surface area contributed by atoms with E-state index < -0.39 is 0 Å². The number of aromatic nitrogens is 1. The van der Waals surface area contributed by atoms with Gasteiger partial charge in [0.15, 0.2) is 11.5 Å². The van der Waals surface area contributed by atoms with Crippen LogP contribution in [-0.2, 0) is 0 Å². The number of nitrogens with zero attached hydrogens (tertiary/aromatic N) is 1. The third kappa shape index (κ3) is 1.48. The largest absolute Gasteiger partial charge is 0.471 e. The first-order valence-electron chi connectivity index (χ1n) is 5.96. The zero-order valence-corrected chi connectivity index (χ0v) is 9.68. The molecule has 1 N–H and O–H groups in total. The lowest BCUT2D eigenvalue weighted by molar-refractivity contribution is 0.138. The molecule has 18 heavy (non-hydrogen) atoms. The van der Waals surface area contributed by atoms with E-state index in [-0.39, 0.29) is 12.9 Å². The van der Waals surface area contributed by atoms with Crippen molar-refractivity contribution in [3.8, 4) is 17.4 Å². The molecule has 0 spiro atoms. The van der Waals surface area contributed by atoms with E-state index in [9.17, 15) is 0 Å². The highest BCUT2D eigenvalue weighted by atomic mass is 16.7. The topological polar surface area (TPSA) is 52.6 Å². The average Bonchev–Trinajstić information content (AvgIpc) is 2.78. The van der Waals surface area contributed by atoms with Gasteiger partial charge in [-0.15, -0.1) is 0 Å². The summed E-state index contributed by atoms with van der Waals surface area (Å²) in [5, 5.41) is 5.19. The molecular weight excluding hydrogens is 232 g/mol. The Bertz CT molecular complexity index is 610. The van der Waals surface area contributed by atoms with E-state index in [4.69, 9.17) is 14.2 Å². The third-order valence-corrected chi connectivity index (χ3v) is 3.24. The van der Waals surface area contributed by atoms with E-state index in [0.29, 0.717) is 5.88 Å². The fourth-order valence-corrected chi connectivity index (χ4v) is 2.13. The molecule has 0 unspecified atom stereocenters. The molecule has 2 aliphatic rings. The summed E-state index contributed by atoms with van der Waals surface area (Å²) in [4.78, 5) is 4.31. The highest BCUT2D eigenvalue weighted by Crippen LogP contribution is 2.38. The van der Waals surface area contributed by atoms with Crippen LogP contribution in [0.2, 0.25) is 0 Å². The lowest BCUT2D eigenvalue weighted by Gasteiger charge is -2.27. The summed E-state index contributed by atoms with van der Waals surface area (Å²) in [6.07, 6.45) is 1.97. The van der Waals surface area contributed by atoms with Gasteiger partial charge in [-0.3, -0.25) is 0 Å². The summed E-state index contributed by atoms with van der Waals surface area (Å²) in [7, 11) is 0. The minimum atomic E-state index is 0.216. The molecule has 2 aromatic rings. The van der Waals surface area contributed by atoms with Gasteiger partial charge in [-0.2, -0.15) is 0 Å². The Morgan fingerprint density at radius 2 is 2.06 bits per heavy atom. The SMILES string of the molecule is c1cc2cc3c(cc2c(OC2CNC2)n1)OCO3. The van der Waals surface area contributed by atoms with Crippen molar-refractivity contribution in [2.75, 3.05) is 19.9 Å². The second-order valence-electron chi connectivity index (χ2n) is 4.44. The van der Waals surface area contributed by atoms with E-state index in [1.54, 1.807) is 6.20 Å². The first kappa shape index (κ1) is 9.96. The average molecular weight is 244 g/mol. The number of hydrogen-bond acceptors (Lipinski definition) is 5. The van der Waals surface area contributed by atoms with Crippen LogP contribution in [0.15, 0.2) is 24.4 Å². The van der Waals surface area contributed by atoms with Crippen molar-refractivity contribution in [2.24, 2.45) is 0 Å². The molecule has 1 saturated heterocycles. The maximum Gasteiger partial charge on any atom is 0.231 e. The van der Waals surface area contributed by atoms with Crippen LogP contribution in [-0.4, -0.2) is 31.0 Å². The molecule has 3 heterocycles. The van der Waals surface area contributed by atoms with Gasteiger partial charge in [0.2, 0.25) is 12.7 Å². The van der Waals surface area contributed by atoms with Gasteiger partial charge in [0.25, 0.3) is 0 Å². The van der Waals surface area contributed by atoms with Gasteiger partial charge in [-0.1, -0.05) is 0 Å². The number of hydrogen-bond donors (Lipinski definition) is 1. The monoisotopic (exact) mass is 244 g/mol. The first-order valence-corrected chi connectivity index (χ1v) is 5.96. The standard InChI is InChI=1S/C13H12N2O3/c1-2-15-13(18-9-5-14-6-9)10-4-12-11(3-8(1)10)16-7-17-12/h1-4,9,14H,5-7H2. The van der Waals surface area contributed by atoms with Gasteiger partial charge in [0.1, 0.15) is 6.10 Å². The minimum absolute atomic E-state index is 0.216. The molecule has 4 rings (SSSR count). The Labute approximate surface area is 104 Å². The van der Waals surface area contributed by atoms with Crippen LogP contribution in [0.1, 0.15) is 0 Å². The summed E-state index contributed by atoms with van der Waals surface area (Å²) in [6.45, 7) is 2.03. The van der Waals surface area contributed by atoms with Crippen molar-refractivity contribution in [1.82, 2.24) is 10.3 Å². The van der Waals surface area contributed by atoms with E-state index in [1.807, 2.05) is 18.2 Å². The smallest absolute Gasteiger partial charge is 0.231 e.